The lowest BCUT2D eigenvalue weighted by molar-refractivity contribution is -0.116. The number of hydrogen-bond acceptors (Lipinski definition) is 10. The van der Waals surface area contributed by atoms with Gasteiger partial charge in [-0.25, -0.2) is 0 Å². The molecule has 1 aliphatic heterocycles. The summed E-state index contributed by atoms with van der Waals surface area (Å²) in [6.07, 6.45) is 1.68. The number of hydrogen-bond donors (Lipinski definition) is 1. The molecule has 38 heavy (non-hydrogen) atoms. The second kappa shape index (κ2) is 10.8. The summed E-state index contributed by atoms with van der Waals surface area (Å²) in [5.41, 5.74) is 10.6. The lowest BCUT2D eigenvalue weighted by atomic mass is 9.75. The second-order valence-corrected chi connectivity index (χ2v) is 11.2. The fourth-order valence-corrected chi connectivity index (χ4v) is 6.60. The first-order valence-electron chi connectivity index (χ1n) is 12.1. The third-order valence-electron chi connectivity index (χ3n) is 6.65. The average molecular weight is 544 g/mol. The summed E-state index contributed by atoms with van der Waals surface area (Å²) in [7, 11) is 1.56. The quantitative estimate of drug-likeness (QED) is 0.319. The number of carbonyl (C=O) groups excluding carboxylic acids is 2. The van der Waals surface area contributed by atoms with E-state index in [1.54, 1.807) is 12.0 Å². The topological polar surface area (TPSA) is 122 Å². The van der Waals surface area contributed by atoms with Crippen LogP contribution in [0.5, 0.6) is 5.75 Å². The van der Waals surface area contributed by atoms with Crippen molar-refractivity contribution < 1.29 is 14.3 Å². The Morgan fingerprint density at radius 1 is 1.21 bits per heavy atom. The number of allylic oxidation sites excluding steroid dienone is 3. The van der Waals surface area contributed by atoms with E-state index in [1.807, 2.05) is 55.5 Å². The third-order valence-corrected chi connectivity index (χ3v) is 8.69. The Hall–Kier alpha value is -3.94. The summed E-state index contributed by atoms with van der Waals surface area (Å²) < 4.78 is 6.17. The minimum Gasteiger partial charge on any atom is -0.496 e. The van der Waals surface area contributed by atoms with Crippen LogP contribution in [-0.4, -0.2) is 34.6 Å². The van der Waals surface area contributed by atoms with Crippen molar-refractivity contribution in [3.05, 3.63) is 87.9 Å². The maximum absolute atomic E-state index is 13.3. The van der Waals surface area contributed by atoms with Crippen molar-refractivity contribution in [2.45, 2.75) is 36.4 Å². The third kappa shape index (κ3) is 4.71. The molecular formula is C28H25N5O3S2. The van der Waals surface area contributed by atoms with Gasteiger partial charge < -0.3 is 10.5 Å². The summed E-state index contributed by atoms with van der Waals surface area (Å²) in [6.45, 7) is 1.98. The number of benzene rings is 2. The van der Waals surface area contributed by atoms with Gasteiger partial charge in [0.1, 0.15) is 11.6 Å². The molecule has 1 aliphatic carbocycles. The van der Waals surface area contributed by atoms with E-state index in [0.717, 1.165) is 16.8 Å². The number of para-hydroxylation sites is 1. The first kappa shape index (κ1) is 25.7. The number of Topliss-reactive ketones (excluding diaryl/α,β-unsaturated/α-hetero) is 2. The number of nitrogens with zero attached hydrogens (tertiary/aromatic N) is 4. The Kier molecular flexibility index (Phi) is 7.31. The summed E-state index contributed by atoms with van der Waals surface area (Å²) in [5, 5.41) is 19.3. The molecule has 0 saturated heterocycles. The predicted octanol–water partition coefficient (Wildman–Crippen LogP) is 5.13. The Morgan fingerprint density at radius 3 is 2.71 bits per heavy atom. The van der Waals surface area contributed by atoms with Gasteiger partial charge in [0.2, 0.25) is 5.13 Å². The highest BCUT2D eigenvalue weighted by Crippen LogP contribution is 2.48. The van der Waals surface area contributed by atoms with Gasteiger partial charge in [-0.05, 0) is 25.8 Å². The highest BCUT2D eigenvalue weighted by Gasteiger charge is 2.42. The number of nitriles is 1. The molecule has 1 aromatic heterocycles. The van der Waals surface area contributed by atoms with Crippen molar-refractivity contribution in [2.75, 3.05) is 17.8 Å². The largest absolute Gasteiger partial charge is 0.496 e. The molecule has 0 bridgehead atoms. The first-order chi connectivity index (χ1) is 18.4. The molecule has 2 heterocycles. The molecule has 8 nitrogen and oxygen atoms in total. The maximum atomic E-state index is 13.3. The van der Waals surface area contributed by atoms with Gasteiger partial charge in [0.15, 0.2) is 15.9 Å². The molecule has 10 heteroatoms. The van der Waals surface area contributed by atoms with Crippen LogP contribution in [0.4, 0.5) is 5.13 Å². The zero-order valence-electron chi connectivity index (χ0n) is 20.9. The van der Waals surface area contributed by atoms with Crippen molar-refractivity contribution >= 4 is 39.8 Å². The fourth-order valence-electron chi connectivity index (χ4n) is 4.82. The first-order valence-corrected chi connectivity index (χ1v) is 13.9. The van der Waals surface area contributed by atoms with Gasteiger partial charge in [-0.2, -0.15) is 5.26 Å². The normalized spacial score (nSPS) is 17.3. The van der Waals surface area contributed by atoms with Crippen LogP contribution in [0, 0.1) is 18.3 Å². The van der Waals surface area contributed by atoms with Gasteiger partial charge >= 0.3 is 0 Å². The minimum atomic E-state index is -0.621. The predicted molar refractivity (Wildman–Crippen MR) is 147 cm³/mol. The lowest BCUT2D eigenvalue weighted by Gasteiger charge is -2.38. The highest BCUT2D eigenvalue weighted by atomic mass is 32.2. The van der Waals surface area contributed by atoms with E-state index >= 15 is 0 Å². The van der Waals surface area contributed by atoms with E-state index in [2.05, 4.69) is 16.3 Å². The smallest absolute Gasteiger partial charge is 0.219 e. The number of ketones is 2. The Balaban J connectivity index is 1.49. The van der Waals surface area contributed by atoms with Gasteiger partial charge in [-0.1, -0.05) is 71.1 Å². The number of aryl methyl sites for hydroxylation is 1. The van der Waals surface area contributed by atoms with Crippen LogP contribution >= 0.6 is 23.1 Å². The van der Waals surface area contributed by atoms with Crippen LogP contribution in [0.15, 0.2) is 75.5 Å². The molecule has 0 radical (unpaired) electrons. The summed E-state index contributed by atoms with van der Waals surface area (Å²) >= 11 is 2.58. The molecule has 0 saturated carbocycles. The average Bonchev–Trinajstić information content (AvgIpc) is 3.40. The molecular weight excluding hydrogens is 518 g/mol. The summed E-state index contributed by atoms with van der Waals surface area (Å²) in [5.74, 6) is 0.386. The van der Waals surface area contributed by atoms with E-state index in [9.17, 15) is 14.9 Å². The van der Waals surface area contributed by atoms with Crippen LogP contribution in [-0.2, 0) is 4.79 Å². The zero-order valence-corrected chi connectivity index (χ0v) is 22.6. The molecule has 0 amide bonds. The number of methoxy groups -OCH3 is 1. The number of rotatable bonds is 7. The van der Waals surface area contributed by atoms with Crippen molar-refractivity contribution in [1.29, 1.82) is 5.26 Å². The highest BCUT2D eigenvalue weighted by molar-refractivity contribution is 8.01. The fraction of sp³-hybridized carbons (Fsp3) is 0.250. The van der Waals surface area contributed by atoms with Crippen LogP contribution in [0.25, 0.3) is 0 Å². The van der Waals surface area contributed by atoms with Crippen molar-refractivity contribution in [1.82, 2.24) is 10.2 Å². The monoisotopic (exact) mass is 543 g/mol. The summed E-state index contributed by atoms with van der Waals surface area (Å²) in [4.78, 5) is 27.6. The Morgan fingerprint density at radius 2 is 1.97 bits per heavy atom. The van der Waals surface area contributed by atoms with Gasteiger partial charge in [-0.15, -0.1) is 10.2 Å². The zero-order chi connectivity index (χ0) is 26.8. The molecule has 0 fully saturated rings. The number of nitrogens with two attached hydrogens (primary N) is 1. The number of anilines is 1. The van der Waals surface area contributed by atoms with Crippen LogP contribution < -0.4 is 15.4 Å². The molecule has 1 atom stereocenters. The van der Waals surface area contributed by atoms with Crippen molar-refractivity contribution in [3.63, 3.8) is 0 Å². The Bertz CT molecular complexity index is 1520. The lowest BCUT2D eigenvalue weighted by Crippen LogP contribution is -2.38. The molecule has 5 rings (SSSR count). The van der Waals surface area contributed by atoms with Crippen LogP contribution in [0.3, 0.4) is 0 Å². The van der Waals surface area contributed by atoms with E-state index in [0.29, 0.717) is 45.6 Å². The van der Waals surface area contributed by atoms with Crippen LogP contribution in [0.2, 0.25) is 0 Å². The molecule has 1 unspecified atom stereocenters. The van der Waals surface area contributed by atoms with Gasteiger partial charge in [0, 0.05) is 28.8 Å². The van der Waals surface area contributed by atoms with Crippen molar-refractivity contribution in [3.8, 4) is 11.8 Å². The van der Waals surface area contributed by atoms with E-state index < -0.39 is 5.92 Å². The van der Waals surface area contributed by atoms with Crippen molar-refractivity contribution in [2.24, 2.45) is 5.73 Å². The van der Waals surface area contributed by atoms with Gasteiger partial charge in [0.05, 0.1) is 30.4 Å². The standard InChI is InChI=1S/C28H25N5O3S2/c1-16-10-12-17(13-11-16)22(35)15-37-28-32-31-27(38-28)33-20-7-5-8-21(34)25(20)24(19(14-29)26(33)30)18-6-3-4-9-23(18)36-2/h3-4,6,9-13,24H,5,7-8,15,30H2,1-2H3. The van der Waals surface area contributed by atoms with E-state index in [1.165, 1.54) is 23.1 Å². The number of thioether (sulfide) groups is 1. The number of aromatic nitrogens is 2. The van der Waals surface area contributed by atoms with E-state index in [-0.39, 0.29) is 28.7 Å². The molecule has 0 spiro atoms. The molecule has 192 valence electrons. The summed E-state index contributed by atoms with van der Waals surface area (Å²) in [6, 6.07) is 17.1. The second-order valence-electron chi connectivity index (χ2n) is 8.99. The molecule has 2 aromatic carbocycles. The maximum Gasteiger partial charge on any atom is 0.219 e. The molecule has 2 aliphatic rings. The van der Waals surface area contributed by atoms with Crippen LogP contribution in [0.1, 0.15) is 46.7 Å². The SMILES string of the molecule is COc1ccccc1C1C(C#N)=C(N)N(c2nnc(SCC(=O)c3ccc(C)cc3)s2)C2=C1C(=O)CCC2. The minimum absolute atomic E-state index is 0.00146. The molecule has 2 N–H and O–H groups in total. The number of ether oxygens (including phenoxy) is 1. The Labute approximate surface area is 228 Å². The number of carbonyl (C=O) groups is 2. The van der Waals surface area contributed by atoms with Gasteiger partial charge in [-0.3, -0.25) is 14.5 Å². The van der Waals surface area contributed by atoms with E-state index in [4.69, 9.17) is 10.5 Å². The molecule has 3 aromatic rings. The van der Waals surface area contributed by atoms with Gasteiger partial charge in [0.25, 0.3) is 0 Å².